The third-order valence-electron chi connectivity index (χ3n) is 5.14. The quantitative estimate of drug-likeness (QED) is 0.869. The average Bonchev–Trinajstić information content (AvgIpc) is 3.38. The second-order valence-corrected chi connectivity index (χ2v) is 6.83. The second-order valence-electron chi connectivity index (χ2n) is 6.83. The van der Waals surface area contributed by atoms with E-state index in [4.69, 9.17) is 4.42 Å². The van der Waals surface area contributed by atoms with Crippen LogP contribution in [-0.4, -0.2) is 5.11 Å². The van der Waals surface area contributed by atoms with E-state index in [2.05, 4.69) is 18.2 Å². The van der Waals surface area contributed by atoms with E-state index in [1.165, 1.54) is 18.4 Å². The van der Waals surface area contributed by atoms with Crippen molar-refractivity contribution < 1.29 is 9.52 Å². The van der Waals surface area contributed by atoms with Gasteiger partial charge < -0.3 is 9.52 Å². The van der Waals surface area contributed by atoms with Gasteiger partial charge in [-0.2, -0.15) is 0 Å². The van der Waals surface area contributed by atoms with E-state index < -0.39 is 0 Å². The maximum atomic E-state index is 12.4. The third-order valence-corrected chi connectivity index (χ3v) is 5.14. The fraction of sp³-hybridized carbons (Fsp3) is 0.450. The minimum Gasteiger partial charge on any atom is -0.507 e. The molecule has 0 saturated heterocycles. The van der Waals surface area contributed by atoms with E-state index >= 15 is 0 Å². The number of fused-ring (bicyclic) bond motifs is 1. The molecular formula is C20H22O3. The Labute approximate surface area is 136 Å². The van der Waals surface area contributed by atoms with E-state index in [1.54, 1.807) is 0 Å². The summed E-state index contributed by atoms with van der Waals surface area (Å²) in [5, 5.41) is 10.7. The molecule has 1 saturated carbocycles. The largest absolute Gasteiger partial charge is 0.507 e. The van der Waals surface area contributed by atoms with Crippen LogP contribution in [0.5, 0.6) is 5.75 Å². The van der Waals surface area contributed by atoms with E-state index in [9.17, 15) is 9.90 Å². The first kappa shape index (κ1) is 14.6. The van der Waals surface area contributed by atoms with E-state index in [1.807, 2.05) is 6.07 Å². The number of rotatable bonds is 3. The number of benzene rings is 1. The van der Waals surface area contributed by atoms with Crippen LogP contribution < -0.4 is 5.63 Å². The van der Waals surface area contributed by atoms with Gasteiger partial charge in [-0.3, -0.25) is 0 Å². The topological polar surface area (TPSA) is 50.4 Å². The molecule has 0 bridgehead atoms. The lowest BCUT2D eigenvalue weighted by Crippen LogP contribution is -2.13. The number of hydrogen-bond donors (Lipinski definition) is 1. The fourth-order valence-corrected chi connectivity index (χ4v) is 3.70. The molecular weight excluding hydrogens is 288 g/mol. The van der Waals surface area contributed by atoms with Crippen LogP contribution in [0.3, 0.4) is 0 Å². The van der Waals surface area contributed by atoms with E-state index in [0.717, 1.165) is 43.2 Å². The SMILES string of the molecule is O=c1oc2c(c(O)c1Cc1ccccc1C1CC1)CCCCC2. The van der Waals surface area contributed by atoms with Crippen molar-refractivity contribution in [2.75, 3.05) is 0 Å². The van der Waals surface area contributed by atoms with E-state index in [-0.39, 0.29) is 11.4 Å². The van der Waals surface area contributed by atoms with E-state index in [0.29, 0.717) is 23.7 Å². The van der Waals surface area contributed by atoms with Gasteiger partial charge in [-0.1, -0.05) is 30.7 Å². The standard InChI is InChI=1S/C20H22O3/c21-19-16-8-2-1-3-9-18(16)23-20(22)17(19)12-14-6-4-5-7-15(14)13-10-11-13/h4-7,13,21H,1-3,8-12H2. The molecule has 4 rings (SSSR count). The predicted octanol–water partition coefficient (Wildman–Crippen LogP) is 4.08. The summed E-state index contributed by atoms with van der Waals surface area (Å²) in [7, 11) is 0. The molecule has 0 amide bonds. The zero-order valence-corrected chi connectivity index (χ0v) is 13.3. The van der Waals surface area contributed by atoms with Crippen molar-refractivity contribution in [2.45, 2.75) is 57.3 Å². The Morgan fingerprint density at radius 1 is 1.09 bits per heavy atom. The van der Waals surface area contributed by atoms with Crippen molar-refractivity contribution >= 4 is 0 Å². The molecule has 0 atom stereocenters. The normalized spacial score (nSPS) is 17.6. The average molecular weight is 310 g/mol. The van der Waals surface area contributed by atoms with Gasteiger partial charge in [0.1, 0.15) is 11.5 Å². The van der Waals surface area contributed by atoms with Crippen molar-refractivity contribution in [3.05, 3.63) is 62.7 Å². The van der Waals surface area contributed by atoms with Gasteiger partial charge in [-0.15, -0.1) is 0 Å². The minimum absolute atomic E-state index is 0.184. The summed E-state index contributed by atoms with van der Waals surface area (Å²) >= 11 is 0. The van der Waals surface area contributed by atoms with Gasteiger partial charge in [-0.05, 0) is 49.1 Å². The Hall–Kier alpha value is -2.03. The van der Waals surface area contributed by atoms with Crippen LogP contribution >= 0.6 is 0 Å². The molecule has 1 heterocycles. The molecule has 1 aromatic carbocycles. The molecule has 0 aliphatic heterocycles. The Bertz CT molecular complexity index is 784. The van der Waals surface area contributed by atoms with Gasteiger partial charge in [0.25, 0.3) is 0 Å². The number of hydrogen-bond acceptors (Lipinski definition) is 3. The molecule has 3 heteroatoms. The van der Waals surface area contributed by atoms with Gasteiger partial charge in [0.15, 0.2) is 0 Å². The van der Waals surface area contributed by atoms with Crippen molar-refractivity contribution in [1.29, 1.82) is 0 Å². The number of aryl methyl sites for hydroxylation is 1. The molecule has 120 valence electrons. The summed E-state index contributed by atoms with van der Waals surface area (Å²) < 4.78 is 5.56. The van der Waals surface area contributed by atoms with Crippen LogP contribution in [0, 0.1) is 0 Å². The summed E-state index contributed by atoms with van der Waals surface area (Å²) in [4.78, 5) is 12.4. The summed E-state index contributed by atoms with van der Waals surface area (Å²) in [6.45, 7) is 0. The molecule has 1 N–H and O–H groups in total. The maximum Gasteiger partial charge on any atom is 0.343 e. The minimum atomic E-state index is -0.367. The Kier molecular flexibility index (Phi) is 3.72. The monoisotopic (exact) mass is 310 g/mol. The molecule has 0 spiro atoms. The molecule has 1 fully saturated rings. The van der Waals surface area contributed by atoms with Crippen molar-refractivity contribution in [2.24, 2.45) is 0 Å². The lowest BCUT2D eigenvalue weighted by molar-refractivity contribution is 0.405. The summed E-state index contributed by atoms with van der Waals surface area (Å²) in [5.41, 5.74) is 3.39. The van der Waals surface area contributed by atoms with Gasteiger partial charge in [0, 0.05) is 18.4 Å². The first-order valence-corrected chi connectivity index (χ1v) is 8.68. The first-order chi connectivity index (χ1) is 11.2. The lowest BCUT2D eigenvalue weighted by Gasteiger charge is -2.13. The highest BCUT2D eigenvalue weighted by Gasteiger charge is 2.27. The van der Waals surface area contributed by atoms with Crippen molar-refractivity contribution in [1.82, 2.24) is 0 Å². The maximum absolute atomic E-state index is 12.4. The van der Waals surface area contributed by atoms with Crippen LogP contribution in [0.25, 0.3) is 0 Å². The van der Waals surface area contributed by atoms with Gasteiger partial charge in [0.05, 0.1) is 5.56 Å². The molecule has 2 aromatic rings. The van der Waals surface area contributed by atoms with Crippen LogP contribution in [0.15, 0.2) is 33.5 Å². The van der Waals surface area contributed by atoms with Gasteiger partial charge >= 0.3 is 5.63 Å². The van der Waals surface area contributed by atoms with Gasteiger partial charge in [0.2, 0.25) is 0 Å². The van der Waals surface area contributed by atoms with Crippen molar-refractivity contribution in [3.8, 4) is 5.75 Å². The summed E-state index contributed by atoms with van der Waals surface area (Å²) in [6.07, 6.45) is 7.68. The molecule has 2 aliphatic carbocycles. The smallest absolute Gasteiger partial charge is 0.343 e. The lowest BCUT2D eigenvalue weighted by atomic mass is 9.95. The Balaban J connectivity index is 1.75. The Morgan fingerprint density at radius 3 is 2.70 bits per heavy atom. The second kappa shape index (κ2) is 5.88. The van der Waals surface area contributed by atoms with Crippen LogP contribution in [0.2, 0.25) is 0 Å². The molecule has 23 heavy (non-hydrogen) atoms. The molecule has 1 aromatic heterocycles. The van der Waals surface area contributed by atoms with Crippen LogP contribution in [0.4, 0.5) is 0 Å². The summed E-state index contributed by atoms with van der Waals surface area (Å²) in [5.74, 6) is 1.51. The zero-order valence-electron chi connectivity index (χ0n) is 13.3. The highest BCUT2D eigenvalue weighted by atomic mass is 16.4. The van der Waals surface area contributed by atoms with Crippen LogP contribution in [0.1, 0.15) is 66.0 Å². The third kappa shape index (κ3) is 2.80. The predicted molar refractivity (Wildman–Crippen MR) is 89.1 cm³/mol. The van der Waals surface area contributed by atoms with Crippen molar-refractivity contribution in [3.63, 3.8) is 0 Å². The van der Waals surface area contributed by atoms with Crippen LogP contribution in [-0.2, 0) is 19.3 Å². The highest BCUT2D eigenvalue weighted by Crippen LogP contribution is 2.42. The highest BCUT2D eigenvalue weighted by molar-refractivity contribution is 5.45. The number of aromatic hydroxyl groups is 1. The molecule has 0 radical (unpaired) electrons. The molecule has 0 unspecified atom stereocenters. The Morgan fingerprint density at radius 2 is 1.87 bits per heavy atom. The summed E-state index contributed by atoms with van der Waals surface area (Å²) in [6, 6.07) is 8.27. The fourth-order valence-electron chi connectivity index (χ4n) is 3.70. The van der Waals surface area contributed by atoms with Gasteiger partial charge in [-0.25, -0.2) is 4.79 Å². The molecule has 2 aliphatic rings. The molecule has 3 nitrogen and oxygen atoms in total. The zero-order chi connectivity index (χ0) is 15.8. The first-order valence-electron chi connectivity index (χ1n) is 8.68.